The zero-order chi connectivity index (χ0) is 25.3. The van der Waals surface area contributed by atoms with Crippen molar-refractivity contribution < 1.29 is 8.22 Å². The SMILES string of the molecule is [2H]c1c([2H])c([2H])c2c([2H])c([2H])c(-c3nc(Cl)nc(-c4ccc5c(c4)sc4ccccc45)n3)cc2c1[2H]. The van der Waals surface area contributed by atoms with Crippen LogP contribution in [0.2, 0.25) is 5.28 Å². The van der Waals surface area contributed by atoms with Crippen molar-refractivity contribution in [1.29, 1.82) is 0 Å². The molecule has 0 aliphatic carbocycles. The third kappa shape index (κ3) is 2.93. The molecule has 0 atom stereocenters. The van der Waals surface area contributed by atoms with Crippen LogP contribution in [0.15, 0.2) is 84.8 Å². The largest absolute Gasteiger partial charge is 0.226 e. The van der Waals surface area contributed by atoms with E-state index >= 15 is 0 Å². The Bertz CT molecular complexity index is 1890. The molecule has 2 heterocycles. The van der Waals surface area contributed by atoms with Gasteiger partial charge in [0, 0.05) is 31.3 Å². The van der Waals surface area contributed by atoms with Crippen molar-refractivity contribution in [2.75, 3.05) is 0 Å². The maximum atomic E-state index is 8.54. The Balaban J connectivity index is 1.56. The van der Waals surface area contributed by atoms with E-state index in [1.54, 1.807) is 11.3 Å². The average molecular weight is 430 g/mol. The van der Waals surface area contributed by atoms with Crippen LogP contribution < -0.4 is 0 Å². The number of fused-ring (bicyclic) bond motifs is 4. The highest BCUT2D eigenvalue weighted by molar-refractivity contribution is 7.25. The molecule has 0 radical (unpaired) electrons. The van der Waals surface area contributed by atoms with Gasteiger partial charge in [0.25, 0.3) is 0 Å². The van der Waals surface area contributed by atoms with Crippen LogP contribution in [0.3, 0.4) is 0 Å². The number of thiophene rings is 1. The van der Waals surface area contributed by atoms with Gasteiger partial charge >= 0.3 is 0 Å². The highest BCUT2D eigenvalue weighted by Gasteiger charge is 2.12. The molecule has 3 nitrogen and oxygen atoms in total. The van der Waals surface area contributed by atoms with E-state index in [0.29, 0.717) is 11.4 Å². The number of hydrogen-bond acceptors (Lipinski definition) is 4. The van der Waals surface area contributed by atoms with Gasteiger partial charge in [0.1, 0.15) is 0 Å². The first-order valence-electron chi connectivity index (χ1n) is 12.1. The molecule has 0 aliphatic rings. The number of nitrogens with zero attached hydrogens (tertiary/aromatic N) is 3. The topological polar surface area (TPSA) is 38.7 Å². The third-order valence-corrected chi connectivity index (χ3v) is 6.12. The van der Waals surface area contributed by atoms with Crippen LogP contribution in [0.1, 0.15) is 8.22 Å². The fourth-order valence-corrected chi connectivity index (χ4v) is 4.73. The summed E-state index contributed by atoms with van der Waals surface area (Å²) in [7, 11) is 0. The summed E-state index contributed by atoms with van der Waals surface area (Å²) in [5, 5.41) is 2.29. The van der Waals surface area contributed by atoms with E-state index in [4.69, 9.17) is 19.8 Å². The number of rotatable bonds is 2. The van der Waals surface area contributed by atoms with E-state index in [2.05, 4.69) is 27.1 Å². The van der Waals surface area contributed by atoms with Crippen LogP contribution in [0, 0.1) is 0 Å². The van der Waals surface area contributed by atoms with Crippen molar-refractivity contribution in [1.82, 2.24) is 15.0 Å². The normalized spacial score (nSPS) is 14.3. The van der Waals surface area contributed by atoms with Gasteiger partial charge in [-0.05, 0) is 40.6 Å². The van der Waals surface area contributed by atoms with Gasteiger partial charge in [0.05, 0.1) is 8.22 Å². The summed E-state index contributed by atoms with van der Waals surface area (Å²) in [6.07, 6.45) is 0. The number of halogens is 1. The summed E-state index contributed by atoms with van der Waals surface area (Å²) >= 11 is 7.91. The zero-order valence-corrected chi connectivity index (χ0v) is 16.8. The first-order valence-corrected chi connectivity index (χ1v) is 10.3. The van der Waals surface area contributed by atoms with E-state index < -0.39 is 12.1 Å². The predicted octanol–water partition coefficient (Wildman–Crippen LogP) is 7.38. The van der Waals surface area contributed by atoms with Gasteiger partial charge in [0.15, 0.2) is 11.6 Å². The third-order valence-electron chi connectivity index (χ3n) is 4.81. The van der Waals surface area contributed by atoms with E-state index in [0.717, 1.165) is 10.1 Å². The lowest BCUT2D eigenvalue weighted by atomic mass is 10.1. The maximum Gasteiger partial charge on any atom is 0.226 e. The van der Waals surface area contributed by atoms with E-state index in [9.17, 15) is 0 Å². The van der Waals surface area contributed by atoms with Gasteiger partial charge in [-0.25, -0.2) is 4.98 Å². The Morgan fingerprint density at radius 1 is 0.700 bits per heavy atom. The van der Waals surface area contributed by atoms with Crippen LogP contribution in [0.5, 0.6) is 0 Å². The van der Waals surface area contributed by atoms with Crippen LogP contribution in [-0.2, 0) is 0 Å². The molecule has 0 spiro atoms. The van der Waals surface area contributed by atoms with Crippen LogP contribution in [-0.4, -0.2) is 15.0 Å². The monoisotopic (exact) mass is 429 g/mol. The standard InChI is InChI=1S/C25H14ClN3S/c26-25-28-23(17-10-9-15-5-1-2-6-16(15)13-17)27-24(29-25)18-11-12-20-19-7-3-4-8-21(19)30-22(20)14-18/h1-14H/i1D,2D,5D,6D,9D,10D. The molecule has 0 aliphatic heterocycles. The van der Waals surface area contributed by atoms with Crippen molar-refractivity contribution >= 4 is 53.9 Å². The van der Waals surface area contributed by atoms with Crippen LogP contribution in [0.25, 0.3) is 53.7 Å². The molecule has 0 N–H and O–H groups in total. The highest BCUT2D eigenvalue weighted by Crippen LogP contribution is 2.36. The van der Waals surface area contributed by atoms with Crippen LogP contribution >= 0.6 is 22.9 Å². The van der Waals surface area contributed by atoms with Gasteiger partial charge in [0.2, 0.25) is 5.28 Å². The van der Waals surface area contributed by atoms with E-state index in [1.807, 2.05) is 30.3 Å². The smallest absolute Gasteiger partial charge is 0.208 e. The molecule has 0 bridgehead atoms. The van der Waals surface area contributed by atoms with E-state index in [1.165, 1.54) is 16.2 Å². The highest BCUT2D eigenvalue weighted by atomic mass is 35.5. The molecule has 2 aromatic heterocycles. The Hall–Kier alpha value is -3.34. The molecule has 4 aromatic carbocycles. The molecule has 6 rings (SSSR count). The quantitative estimate of drug-likeness (QED) is 0.288. The average Bonchev–Trinajstić information content (AvgIpc) is 3.25. The van der Waals surface area contributed by atoms with Gasteiger partial charge in [-0.1, -0.05) is 66.6 Å². The molecule has 0 amide bonds. The van der Waals surface area contributed by atoms with Gasteiger partial charge in [-0.2, -0.15) is 9.97 Å². The summed E-state index contributed by atoms with van der Waals surface area (Å²) in [5.41, 5.74) is 0.839. The Morgan fingerprint density at radius 3 is 2.37 bits per heavy atom. The number of aromatic nitrogens is 3. The molecular formula is C25H14ClN3S. The number of benzene rings is 4. The lowest BCUT2D eigenvalue weighted by Crippen LogP contribution is -1.97. The molecule has 30 heavy (non-hydrogen) atoms. The van der Waals surface area contributed by atoms with Gasteiger partial charge in [-0.3, -0.25) is 0 Å². The summed E-state index contributed by atoms with van der Waals surface area (Å²) in [5.74, 6) is 0.347. The first-order chi connectivity index (χ1) is 17.2. The van der Waals surface area contributed by atoms with Crippen LogP contribution in [0.4, 0.5) is 0 Å². The second-order valence-electron chi connectivity index (χ2n) is 6.66. The molecular weight excluding hydrogens is 410 g/mol. The molecule has 0 saturated heterocycles. The molecule has 5 heteroatoms. The van der Waals surface area contributed by atoms with Crippen molar-refractivity contribution in [2.45, 2.75) is 0 Å². The lowest BCUT2D eigenvalue weighted by Gasteiger charge is -2.06. The molecule has 6 aromatic rings. The first kappa shape index (κ1) is 12.4. The van der Waals surface area contributed by atoms with Crippen molar-refractivity contribution in [2.24, 2.45) is 0 Å². The fraction of sp³-hybridized carbons (Fsp3) is 0. The molecule has 0 fully saturated rings. The van der Waals surface area contributed by atoms with Crippen molar-refractivity contribution in [3.63, 3.8) is 0 Å². The zero-order valence-electron chi connectivity index (χ0n) is 21.2. The maximum absolute atomic E-state index is 8.54. The summed E-state index contributed by atoms with van der Waals surface area (Å²) in [6.45, 7) is 0. The van der Waals surface area contributed by atoms with Crippen molar-refractivity contribution in [3.05, 3.63) is 90.1 Å². The Labute approximate surface area is 190 Å². The Morgan fingerprint density at radius 2 is 1.47 bits per heavy atom. The fourth-order valence-electron chi connectivity index (χ4n) is 3.42. The minimum absolute atomic E-state index is 0.0228. The van der Waals surface area contributed by atoms with Crippen molar-refractivity contribution in [3.8, 4) is 22.8 Å². The number of hydrogen-bond donors (Lipinski definition) is 0. The second kappa shape index (κ2) is 6.87. The molecule has 0 saturated carbocycles. The van der Waals surface area contributed by atoms with Gasteiger partial charge in [-0.15, -0.1) is 11.3 Å². The summed E-state index contributed by atoms with van der Waals surface area (Å²) in [6, 6.07) is 13.3. The Kier molecular flexibility index (Phi) is 2.83. The minimum Gasteiger partial charge on any atom is -0.208 e. The molecule has 0 unspecified atom stereocenters. The summed E-state index contributed by atoms with van der Waals surface area (Å²) in [4.78, 5) is 13.0. The minimum atomic E-state index is -0.449. The lowest BCUT2D eigenvalue weighted by molar-refractivity contribution is 1.07. The van der Waals surface area contributed by atoms with Gasteiger partial charge < -0.3 is 0 Å². The predicted molar refractivity (Wildman–Crippen MR) is 126 cm³/mol. The molecule has 142 valence electrons. The van der Waals surface area contributed by atoms with E-state index in [-0.39, 0.29) is 51.6 Å². The second-order valence-corrected chi connectivity index (χ2v) is 8.08. The summed E-state index contributed by atoms with van der Waals surface area (Å²) < 4.78 is 51.6.